The lowest BCUT2D eigenvalue weighted by Gasteiger charge is -2.35. The summed E-state index contributed by atoms with van der Waals surface area (Å²) >= 11 is 0. The Kier molecular flexibility index (Phi) is 6.30. The van der Waals surface area contributed by atoms with Gasteiger partial charge in [0.15, 0.2) is 0 Å². The molecule has 1 fully saturated rings. The van der Waals surface area contributed by atoms with E-state index in [1.165, 1.54) is 17.0 Å². The molecule has 1 aliphatic heterocycles. The molecule has 0 bridgehead atoms. The van der Waals surface area contributed by atoms with Crippen LogP contribution in [0.1, 0.15) is 0 Å². The van der Waals surface area contributed by atoms with E-state index in [0.29, 0.717) is 13.1 Å². The maximum absolute atomic E-state index is 13.3. The van der Waals surface area contributed by atoms with Crippen LogP contribution in [-0.4, -0.2) is 72.4 Å². The molecule has 1 aromatic carbocycles. The lowest BCUT2D eigenvalue weighted by Crippen LogP contribution is -2.57. The second-order valence-electron chi connectivity index (χ2n) is 6.08. The number of sulfonamides is 1. The monoisotopic (exact) mass is 380 g/mol. The van der Waals surface area contributed by atoms with Crippen molar-refractivity contribution in [1.29, 1.82) is 0 Å². The first kappa shape index (κ1) is 20.0. The molecule has 25 heavy (non-hydrogen) atoms. The zero-order valence-electron chi connectivity index (χ0n) is 14.2. The van der Waals surface area contributed by atoms with Gasteiger partial charge in [0.1, 0.15) is 6.04 Å². The topological polar surface area (TPSA) is 64.7 Å². The van der Waals surface area contributed by atoms with Crippen LogP contribution < -0.4 is 14.9 Å². The molecule has 0 radical (unpaired) electrons. The highest BCUT2D eigenvalue weighted by molar-refractivity contribution is 7.89. The number of piperazine rings is 1. The van der Waals surface area contributed by atoms with Crippen molar-refractivity contribution < 1.29 is 21.6 Å². The van der Waals surface area contributed by atoms with Crippen LogP contribution >= 0.6 is 0 Å². The van der Waals surface area contributed by atoms with E-state index in [0.717, 1.165) is 5.69 Å². The number of nitrogens with one attached hydrogen (secondary N) is 2. The quantitative estimate of drug-likeness (QED) is 0.767. The zero-order valence-corrected chi connectivity index (χ0v) is 15.0. The van der Waals surface area contributed by atoms with Gasteiger partial charge in [-0.3, -0.25) is 4.90 Å². The summed E-state index contributed by atoms with van der Waals surface area (Å²) in [5, 5.41) is 2.98. The summed E-state index contributed by atoms with van der Waals surface area (Å²) in [6, 6.07) is 4.12. The first-order valence-corrected chi connectivity index (χ1v) is 9.38. The molecule has 10 heteroatoms. The van der Waals surface area contributed by atoms with Crippen LogP contribution in [0.4, 0.5) is 18.9 Å². The molecule has 0 spiro atoms. The third-order valence-electron chi connectivity index (χ3n) is 4.10. The first-order valence-electron chi connectivity index (χ1n) is 7.90. The fourth-order valence-electron chi connectivity index (χ4n) is 2.64. The Morgan fingerprint density at radius 1 is 1.20 bits per heavy atom. The summed E-state index contributed by atoms with van der Waals surface area (Å²) in [6.45, 7) is 0.644. The van der Waals surface area contributed by atoms with E-state index in [4.69, 9.17) is 0 Å². The molecule has 0 aliphatic carbocycles. The van der Waals surface area contributed by atoms with Crippen LogP contribution in [0.2, 0.25) is 0 Å². The molecule has 0 saturated carbocycles. The van der Waals surface area contributed by atoms with E-state index in [9.17, 15) is 21.6 Å². The molecule has 1 heterocycles. The maximum atomic E-state index is 13.3. The van der Waals surface area contributed by atoms with Crippen LogP contribution in [0.15, 0.2) is 29.2 Å². The van der Waals surface area contributed by atoms with Crippen molar-refractivity contribution in [2.75, 3.05) is 51.7 Å². The molecule has 142 valence electrons. The lowest BCUT2D eigenvalue weighted by atomic mass is 10.2. The third-order valence-corrected chi connectivity index (χ3v) is 5.54. The molecule has 1 aliphatic rings. The summed E-state index contributed by atoms with van der Waals surface area (Å²) in [4.78, 5) is 3.00. The Morgan fingerprint density at radius 3 is 2.24 bits per heavy atom. The van der Waals surface area contributed by atoms with E-state index in [2.05, 4.69) is 10.0 Å². The normalized spacial score (nSPS) is 18.1. The number of hydrogen-bond donors (Lipinski definition) is 2. The molecule has 1 aromatic rings. The standard InChI is InChI=1S/C15H23F3N4O2S/c1-21(2)12-3-5-13(6-4-12)25(23,24)20-11-14(15(16,17)18)22-9-7-19-8-10-22/h3-6,14,19-20H,7-11H2,1-2H3. The molecule has 1 unspecified atom stereocenters. The highest BCUT2D eigenvalue weighted by atomic mass is 32.2. The van der Waals surface area contributed by atoms with Crippen LogP contribution in [0.5, 0.6) is 0 Å². The van der Waals surface area contributed by atoms with E-state index >= 15 is 0 Å². The van der Waals surface area contributed by atoms with Gasteiger partial charge >= 0.3 is 6.18 Å². The minimum atomic E-state index is -4.51. The predicted molar refractivity (Wildman–Crippen MR) is 90.2 cm³/mol. The van der Waals surface area contributed by atoms with Gasteiger partial charge in [0.25, 0.3) is 0 Å². The highest BCUT2D eigenvalue weighted by Crippen LogP contribution is 2.25. The second kappa shape index (κ2) is 7.90. The number of alkyl halides is 3. The Hall–Kier alpha value is -1.36. The lowest BCUT2D eigenvalue weighted by molar-refractivity contribution is -0.182. The number of halogens is 3. The Labute approximate surface area is 146 Å². The highest BCUT2D eigenvalue weighted by Gasteiger charge is 2.44. The van der Waals surface area contributed by atoms with E-state index in [-0.39, 0.29) is 18.0 Å². The average Bonchev–Trinajstić information content (AvgIpc) is 2.54. The van der Waals surface area contributed by atoms with E-state index in [1.807, 2.05) is 14.1 Å². The van der Waals surface area contributed by atoms with Crippen molar-refractivity contribution in [3.63, 3.8) is 0 Å². The third kappa shape index (κ3) is 5.30. The average molecular weight is 380 g/mol. The van der Waals surface area contributed by atoms with Crippen molar-refractivity contribution >= 4 is 15.7 Å². The van der Waals surface area contributed by atoms with Crippen LogP contribution in [0.3, 0.4) is 0 Å². The summed E-state index contributed by atoms with van der Waals surface area (Å²) in [7, 11) is -0.390. The SMILES string of the molecule is CN(C)c1ccc(S(=O)(=O)NCC(N2CCNCC2)C(F)(F)F)cc1. The molecule has 6 nitrogen and oxygen atoms in total. The summed E-state index contributed by atoms with van der Waals surface area (Å²) in [5.74, 6) is 0. The van der Waals surface area contributed by atoms with Crippen molar-refractivity contribution in [1.82, 2.24) is 14.9 Å². The Bertz CT molecular complexity index is 656. The van der Waals surface area contributed by atoms with Gasteiger partial charge in [0, 0.05) is 52.5 Å². The van der Waals surface area contributed by atoms with Crippen molar-refractivity contribution in [3.8, 4) is 0 Å². The van der Waals surface area contributed by atoms with Gasteiger partial charge in [0.05, 0.1) is 4.90 Å². The predicted octanol–water partition coefficient (Wildman–Crippen LogP) is 0.867. The fraction of sp³-hybridized carbons (Fsp3) is 0.600. The van der Waals surface area contributed by atoms with Gasteiger partial charge in [-0.05, 0) is 24.3 Å². The summed E-state index contributed by atoms with van der Waals surface area (Å²) < 4.78 is 66.7. The number of benzene rings is 1. The van der Waals surface area contributed by atoms with Gasteiger partial charge in [-0.1, -0.05) is 0 Å². The van der Waals surface area contributed by atoms with E-state index in [1.54, 1.807) is 17.0 Å². The molecule has 1 saturated heterocycles. The fourth-order valence-corrected chi connectivity index (χ4v) is 3.68. The van der Waals surface area contributed by atoms with Crippen LogP contribution in [0, 0.1) is 0 Å². The largest absolute Gasteiger partial charge is 0.405 e. The van der Waals surface area contributed by atoms with Crippen molar-refractivity contribution in [2.45, 2.75) is 17.1 Å². The number of anilines is 1. The number of hydrogen-bond acceptors (Lipinski definition) is 5. The molecular formula is C15H23F3N4O2S. The molecular weight excluding hydrogens is 357 g/mol. The molecule has 1 atom stereocenters. The summed E-state index contributed by atoms with van der Waals surface area (Å²) in [5.41, 5.74) is 0.799. The molecule has 2 rings (SSSR count). The van der Waals surface area contributed by atoms with Gasteiger partial charge < -0.3 is 10.2 Å². The van der Waals surface area contributed by atoms with Crippen LogP contribution in [0.25, 0.3) is 0 Å². The Balaban J connectivity index is 2.09. The van der Waals surface area contributed by atoms with Crippen molar-refractivity contribution in [3.05, 3.63) is 24.3 Å². The minimum absolute atomic E-state index is 0.0562. The smallest absolute Gasteiger partial charge is 0.378 e. The van der Waals surface area contributed by atoms with Crippen LogP contribution in [-0.2, 0) is 10.0 Å². The van der Waals surface area contributed by atoms with Gasteiger partial charge in [0.2, 0.25) is 10.0 Å². The second-order valence-corrected chi connectivity index (χ2v) is 7.85. The van der Waals surface area contributed by atoms with E-state index < -0.39 is 28.8 Å². The van der Waals surface area contributed by atoms with Gasteiger partial charge in [-0.25, -0.2) is 13.1 Å². The number of nitrogens with zero attached hydrogens (tertiary/aromatic N) is 2. The number of rotatable bonds is 6. The molecule has 2 N–H and O–H groups in total. The zero-order chi connectivity index (χ0) is 18.7. The Morgan fingerprint density at radius 2 is 1.76 bits per heavy atom. The molecule has 0 amide bonds. The summed E-state index contributed by atoms with van der Waals surface area (Å²) in [6.07, 6.45) is -4.51. The first-order chi connectivity index (χ1) is 11.6. The van der Waals surface area contributed by atoms with Gasteiger partial charge in [-0.2, -0.15) is 13.2 Å². The van der Waals surface area contributed by atoms with Crippen molar-refractivity contribution in [2.24, 2.45) is 0 Å². The molecule has 0 aromatic heterocycles. The minimum Gasteiger partial charge on any atom is -0.378 e. The van der Waals surface area contributed by atoms with Gasteiger partial charge in [-0.15, -0.1) is 0 Å². The maximum Gasteiger partial charge on any atom is 0.405 e.